The van der Waals surface area contributed by atoms with Gasteiger partial charge in [0.2, 0.25) is 0 Å². The van der Waals surface area contributed by atoms with Gasteiger partial charge in [0.25, 0.3) is 11.8 Å². The Morgan fingerprint density at radius 1 is 1.21 bits per heavy atom. The number of halogens is 3. The van der Waals surface area contributed by atoms with Crippen LogP contribution in [0.1, 0.15) is 50.6 Å². The van der Waals surface area contributed by atoms with Gasteiger partial charge in [-0.2, -0.15) is 31.8 Å². The standard InChI is InChI=1S/C22H20F3N5O2.H2S/c1-13-9-15(7-8-26-13)10-27-20(31)18-11-28-30-14(2)12-29(21(32)19(18)30)17-5-3-16(4-6-17)22(23,24)25;/h3-9,11,14H,10,12H2,1-2H3,(H,27,31);1H2/t14-;/m0./s1. The van der Waals surface area contributed by atoms with Gasteiger partial charge in [0.15, 0.2) is 0 Å². The Bertz CT molecular complexity index is 1180. The van der Waals surface area contributed by atoms with Crippen LogP contribution in [-0.2, 0) is 12.7 Å². The van der Waals surface area contributed by atoms with Crippen LogP contribution in [0.3, 0.4) is 0 Å². The van der Waals surface area contributed by atoms with Crippen LogP contribution in [-0.4, -0.2) is 33.1 Å². The molecule has 0 bridgehead atoms. The van der Waals surface area contributed by atoms with Gasteiger partial charge in [-0.15, -0.1) is 0 Å². The highest BCUT2D eigenvalue weighted by molar-refractivity contribution is 7.59. The average Bonchev–Trinajstić information content (AvgIpc) is 3.20. The Hall–Kier alpha value is -3.34. The van der Waals surface area contributed by atoms with E-state index in [2.05, 4.69) is 15.4 Å². The van der Waals surface area contributed by atoms with E-state index in [4.69, 9.17) is 0 Å². The molecule has 11 heteroatoms. The molecule has 0 saturated heterocycles. The van der Waals surface area contributed by atoms with Crippen molar-refractivity contribution in [2.24, 2.45) is 0 Å². The lowest BCUT2D eigenvalue weighted by atomic mass is 10.1. The molecule has 0 radical (unpaired) electrons. The monoisotopic (exact) mass is 477 g/mol. The normalized spacial score (nSPS) is 15.6. The second kappa shape index (κ2) is 9.26. The average molecular weight is 478 g/mol. The number of carbonyl (C=O) groups excluding carboxylic acids is 2. The van der Waals surface area contributed by atoms with Crippen LogP contribution in [0, 0.1) is 6.92 Å². The number of fused-ring (bicyclic) bond motifs is 1. The van der Waals surface area contributed by atoms with Crippen LogP contribution in [0.4, 0.5) is 18.9 Å². The number of nitrogens with one attached hydrogen (secondary N) is 1. The van der Waals surface area contributed by atoms with Crippen LogP contribution in [0.15, 0.2) is 48.8 Å². The molecule has 33 heavy (non-hydrogen) atoms. The first-order chi connectivity index (χ1) is 15.1. The lowest BCUT2D eigenvalue weighted by Gasteiger charge is -2.32. The van der Waals surface area contributed by atoms with Crippen molar-refractivity contribution in [2.45, 2.75) is 32.6 Å². The van der Waals surface area contributed by atoms with Gasteiger partial charge in [-0.25, -0.2) is 0 Å². The predicted octanol–water partition coefficient (Wildman–Crippen LogP) is 3.87. The quantitative estimate of drug-likeness (QED) is 0.619. The van der Waals surface area contributed by atoms with Gasteiger partial charge >= 0.3 is 6.18 Å². The van der Waals surface area contributed by atoms with Crippen molar-refractivity contribution in [1.29, 1.82) is 0 Å². The molecule has 2 amide bonds. The molecule has 1 aliphatic rings. The number of hydrogen-bond acceptors (Lipinski definition) is 4. The largest absolute Gasteiger partial charge is 0.416 e. The highest BCUT2D eigenvalue weighted by Crippen LogP contribution is 2.32. The van der Waals surface area contributed by atoms with E-state index in [0.717, 1.165) is 23.4 Å². The molecule has 3 heterocycles. The summed E-state index contributed by atoms with van der Waals surface area (Å²) in [5.74, 6) is -0.958. The third-order valence-electron chi connectivity index (χ3n) is 5.27. The molecule has 0 fully saturated rings. The van der Waals surface area contributed by atoms with E-state index in [1.54, 1.807) is 12.3 Å². The number of hydrogen-bond donors (Lipinski definition) is 1. The number of benzene rings is 1. The van der Waals surface area contributed by atoms with Crippen LogP contribution in [0.2, 0.25) is 0 Å². The number of anilines is 1. The molecule has 0 spiro atoms. The van der Waals surface area contributed by atoms with Gasteiger partial charge in [-0.3, -0.25) is 19.3 Å². The Morgan fingerprint density at radius 2 is 1.91 bits per heavy atom. The topological polar surface area (TPSA) is 80.1 Å². The molecule has 1 atom stereocenters. The molecular weight excluding hydrogens is 455 g/mol. The van der Waals surface area contributed by atoms with Gasteiger partial charge in [-0.1, -0.05) is 0 Å². The number of alkyl halides is 3. The summed E-state index contributed by atoms with van der Waals surface area (Å²) >= 11 is 0. The van der Waals surface area contributed by atoms with Crippen LogP contribution in [0.5, 0.6) is 0 Å². The Kier molecular flexibility index (Phi) is 6.82. The highest BCUT2D eigenvalue weighted by atomic mass is 32.1. The molecule has 1 aromatic carbocycles. The molecule has 174 valence electrons. The summed E-state index contributed by atoms with van der Waals surface area (Å²) in [6, 6.07) is 7.73. The van der Waals surface area contributed by atoms with Crippen molar-refractivity contribution >= 4 is 31.0 Å². The van der Waals surface area contributed by atoms with E-state index in [1.165, 1.54) is 27.9 Å². The van der Waals surface area contributed by atoms with Gasteiger partial charge < -0.3 is 10.2 Å². The van der Waals surface area contributed by atoms with Gasteiger partial charge in [0, 0.05) is 30.7 Å². The lowest BCUT2D eigenvalue weighted by molar-refractivity contribution is -0.137. The molecule has 1 N–H and O–H groups in total. The summed E-state index contributed by atoms with van der Waals surface area (Å²) in [5.41, 5.74) is 1.42. The molecule has 0 unspecified atom stereocenters. The van der Waals surface area contributed by atoms with E-state index in [0.29, 0.717) is 5.69 Å². The first-order valence-electron chi connectivity index (χ1n) is 9.91. The van der Waals surface area contributed by atoms with Crippen molar-refractivity contribution in [3.05, 3.63) is 76.9 Å². The highest BCUT2D eigenvalue weighted by Gasteiger charge is 2.36. The van der Waals surface area contributed by atoms with E-state index in [1.807, 2.05) is 19.9 Å². The summed E-state index contributed by atoms with van der Waals surface area (Å²) in [7, 11) is 0. The fourth-order valence-electron chi connectivity index (χ4n) is 3.67. The fourth-order valence-corrected chi connectivity index (χ4v) is 3.67. The minimum absolute atomic E-state index is 0. The maximum Gasteiger partial charge on any atom is 0.416 e. The second-order valence-corrected chi connectivity index (χ2v) is 7.65. The molecule has 0 aliphatic carbocycles. The van der Waals surface area contributed by atoms with E-state index < -0.39 is 23.6 Å². The molecule has 2 aromatic heterocycles. The molecule has 7 nitrogen and oxygen atoms in total. The summed E-state index contributed by atoms with van der Waals surface area (Å²) in [5, 5.41) is 6.98. The number of nitrogens with zero attached hydrogens (tertiary/aromatic N) is 4. The lowest BCUT2D eigenvalue weighted by Crippen LogP contribution is -2.43. The number of amides is 2. The number of aryl methyl sites for hydroxylation is 1. The first kappa shape index (κ1) is 24.3. The third kappa shape index (κ3) is 4.87. The van der Waals surface area contributed by atoms with Crippen LogP contribution < -0.4 is 10.2 Å². The minimum atomic E-state index is -4.46. The van der Waals surface area contributed by atoms with Crippen molar-refractivity contribution < 1.29 is 22.8 Å². The molecule has 4 rings (SSSR count). The van der Waals surface area contributed by atoms with Crippen LogP contribution >= 0.6 is 13.5 Å². The van der Waals surface area contributed by atoms with Gasteiger partial charge in [0.05, 0.1) is 23.4 Å². The predicted molar refractivity (Wildman–Crippen MR) is 121 cm³/mol. The smallest absolute Gasteiger partial charge is 0.348 e. The second-order valence-electron chi connectivity index (χ2n) is 7.65. The first-order valence-corrected chi connectivity index (χ1v) is 9.91. The zero-order valence-corrected chi connectivity index (χ0v) is 18.8. The van der Waals surface area contributed by atoms with Gasteiger partial charge in [-0.05, 0) is 55.8 Å². The molecular formula is C22H22F3N5O2S. The van der Waals surface area contributed by atoms with Crippen molar-refractivity contribution in [3.63, 3.8) is 0 Å². The maximum absolute atomic E-state index is 13.2. The van der Waals surface area contributed by atoms with Crippen molar-refractivity contribution in [1.82, 2.24) is 20.1 Å². The number of carbonyl (C=O) groups is 2. The van der Waals surface area contributed by atoms with E-state index >= 15 is 0 Å². The van der Waals surface area contributed by atoms with Crippen molar-refractivity contribution in [2.75, 3.05) is 11.4 Å². The number of pyridine rings is 1. The summed E-state index contributed by atoms with van der Waals surface area (Å²) in [6.45, 7) is 4.13. The molecule has 0 saturated carbocycles. The molecule has 3 aromatic rings. The van der Waals surface area contributed by atoms with Gasteiger partial charge in [0.1, 0.15) is 5.69 Å². The fraction of sp³-hybridized carbons (Fsp3) is 0.273. The summed E-state index contributed by atoms with van der Waals surface area (Å²) in [4.78, 5) is 31.5. The molecule has 1 aliphatic heterocycles. The Balaban J connectivity index is 0.00000306. The third-order valence-corrected chi connectivity index (χ3v) is 5.27. The van der Waals surface area contributed by atoms with E-state index in [-0.39, 0.29) is 43.9 Å². The Morgan fingerprint density at radius 3 is 2.55 bits per heavy atom. The maximum atomic E-state index is 13.2. The van der Waals surface area contributed by atoms with Crippen LogP contribution in [0.25, 0.3) is 0 Å². The zero-order chi connectivity index (χ0) is 23.0. The minimum Gasteiger partial charge on any atom is -0.348 e. The zero-order valence-electron chi connectivity index (χ0n) is 17.8. The van der Waals surface area contributed by atoms with E-state index in [9.17, 15) is 22.8 Å². The number of rotatable bonds is 4. The Labute approximate surface area is 195 Å². The summed E-state index contributed by atoms with van der Waals surface area (Å²) < 4.78 is 40.1. The van der Waals surface area contributed by atoms with Crippen molar-refractivity contribution in [3.8, 4) is 0 Å². The SMILES string of the molecule is Cc1cc(CNC(=O)c2cnn3c2C(=O)N(c2ccc(C(F)(F)F)cc2)C[C@@H]3C)ccn1.S. The summed E-state index contributed by atoms with van der Waals surface area (Å²) in [6.07, 6.45) is -1.48. The number of aromatic nitrogens is 3.